The lowest BCUT2D eigenvalue weighted by atomic mass is 10.3. The first-order chi connectivity index (χ1) is 6.72. The topological polar surface area (TPSA) is 61.0 Å². The molecule has 0 radical (unpaired) electrons. The molecule has 0 amide bonds. The van der Waals surface area contributed by atoms with Crippen LogP contribution >= 0.6 is 0 Å². The summed E-state index contributed by atoms with van der Waals surface area (Å²) in [5.41, 5.74) is -0.462. The molecule has 84 valence electrons. The number of rotatable bonds is 2. The predicted molar refractivity (Wildman–Crippen MR) is 44.4 cm³/mol. The lowest BCUT2D eigenvalue weighted by Gasteiger charge is -2.06. The quantitative estimate of drug-likeness (QED) is 0.568. The average molecular weight is 223 g/mol. The Morgan fingerprint density at radius 1 is 1.47 bits per heavy atom. The third-order valence-electron chi connectivity index (χ3n) is 1.85. The van der Waals surface area contributed by atoms with Crippen LogP contribution in [0.25, 0.3) is 0 Å². The number of halogens is 3. The van der Waals surface area contributed by atoms with Crippen molar-refractivity contribution in [2.75, 3.05) is 0 Å². The summed E-state index contributed by atoms with van der Waals surface area (Å²) >= 11 is 0. The van der Waals surface area contributed by atoms with Gasteiger partial charge in [0.05, 0.1) is 4.92 Å². The Morgan fingerprint density at radius 3 is 2.33 bits per heavy atom. The highest BCUT2D eigenvalue weighted by Gasteiger charge is 2.32. The Balaban J connectivity index is 3.13. The summed E-state index contributed by atoms with van der Waals surface area (Å²) in [5, 5.41) is 14.0. The molecule has 0 bridgehead atoms. The van der Waals surface area contributed by atoms with Gasteiger partial charge in [-0.1, -0.05) is 0 Å². The number of nitro groups is 1. The maximum absolute atomic E-state index is 12.0. The minimum absolute atomic E-state index is 0.0123. The van der Waals surface area contributed by atoms with Crippen LogP contribution < -0.4 is 0 Å². The van der Waals surface area contributed by atoms with Crippen LogP contribution in [0, 0.1) is 24.0 Å². The van der Waals surface area contributed by atoms with Crippen LogP contribution in [-0.2, 0) is 6.54 Å². The van der Waals surface area contributed by atoms with Gasteiger partial charge in [0.1, 0.15) is 17.9 Å². The first-order valence-electron chi connectivity index (χ1n) is 3.97. The van der Waals surface area contributed by atoms with Gasteiger partial charge < -0.3 is 0 Å². The van der Waals surface area contributed by atoms with Gasteiger partial charge in [0, 0.05) is 0 Å². The molecule has 1 aromatic rings. The standard InChI is InChI=1S/C7H8F3N3O2/c1-4-6(13(14)15)5(2)12(11-4)3-7(8,9)10/h3H2,1-2H3. The molecule has 0 aliphatic heterocycles. The lowest BCUT2D eigenvalue weighted by molar-refractivity contribution is -0.386. The van der Waals surface area contributed by atoms with Crippen LogP contribution in [0.2, 0.25) is 0 Å². The van der Waals surface area contributed by atoms with Gasteiger partial charge in [0.15, 0.2) is 0 Å². The highest BCUT2D eigenvalue weighted by molar-refractivity contribution is 5.39. The minimum Gasteiger partial charge on any atom is -0.258 e. The molecule has 1 aromatic heterocycles. The molecule has 0 spiro atoms. The van der Waals surface area contributed by atoms with Gasteiger partial charge in [-0.05, 0) is 13.8 Å². The second-order valence-corrected chi connectivity index (χ2v) is 3.05. The molecular weight excluding hydrogens is 215 g/mol. The molecule has 0 saturated carbocycles. The Kier molecular flexibility index (Phi) is 2.69. The monoisotopic (exact) mass is 223 g/mol. The van der Waals surface area contributed by atoms with Crippen molar-refractivity contribution in [3.05, 3.63) is 21.5 Å². The number of hydrogen-bond donors (Lipinski definition) is 0. The summed E-state index contributed by atoms with van der Waals surface area (Å²) in [5.74, 6) is 0. The van der Waals surface area contributed by atoms with Gasteiger partial charge >= 0.3 is 11.9 Å². The summed E-state index contributed by atoms with van der Waals surface area (Å²) < 4.78 is 36.7. The number of aromatic nitrogens is 2. The van der Waals surface area contributed by atoms with E-state index >= 15 is 0 Å². The summed E-state index contributed by atoms with van der Waals surface area (Å²) in [6, 6.07) is 0. The van der Waals surface area contributed by atoms with Crippen molar-refractivity contribution in [3.63, 3.8) is 0 Å². The van der Waals surface area contributed by atoms with E-state index in [9.17, 15) is 23.3 Å². The maximum atomic E-state index is 12.0. The summed E-state index contributed by atoms with van der Waals surface area (Å²) in [6.45, 7) is 1.23. The molecule has 15 heavy (non-hydrogen) atoms. The molecule has 0 saturated heterocycles. The lowest BCUT2D eigenvalue weighted by Crippen LogP contribution is -2.19. The molecule has 5 nitrogen and oxygen atoms in total. The van der Waals surface area contributed by atoms with Gasteiger partial charge in [0.25, 0.3) is 0 Å². The predicted octanol–water partition coefficient (Wildman–Crippen LogP) is 1.97. The molecular formula is C7H8F3N3O2. The molecule has 8 heteroatoms. The van der Waals surface area contributed by atoms with Crippen molar-refractivity contribution >= 4 is 5.69 Å². The van der Waals surface area contributed by atoms with E-state index in [1.165, 1.54) is 13.8 Å². The summed E-state index contributed by atoms with van der Waals surface area (Å²) in [6.07, 6.45) is -4.43. The van der Waals surface area contributed by atoms with Gasteiger partial charge in [-0.2, -0.15) is 18.3 Å². The van der Waals surface area contributed by atoms with E-state index in [2.05, 4.69) is 5.10 Å². The van der Waals surface area contributed by atoms with E-state index in [1.807, 2.05) is 0 Å². The Bertz CT molecular complexity index is 397. The van der Waals surface area contributed by atoms with Crippen LogP contribution in [0.4, 0.5) is 18.9 Å². The van der Waals surface area contributed by atoms with Crippen LogP contribution in [0.3, 0.4) is 0 Å². The van der Waals surface area contributed by atoms with Crippen molar-refractivity contribution in [3.8, 4) is 0 Å². The summed E-state index contributed by atoms with van der Waals surface area (Å²) in [4.78, 5) is 9.76. The summed E-state index contributed by atoms with van der Waals surface area (Å²) in [7, 11) is 0. The fraction of sp³-hybridized carbons (Fsp3) is 0.571. The second-order valence-electron chi connectivity index (χ2n) is 3.05. The van der Waals surface area contributed by atoms with Gasteiger partial charge in [-0.25, -0.2) is 0 Å². The second kappa shape index (κ2) is 3.52. The highest BCUT2D eigenvalue weighted by atomic mass is 19.4. The van der Waals surface area contributed by atoms with Crippen molar-refractivity contribution < 1.29 is 18.1 Å². The van der Waals surface area contributed by atoms with Crippen LogP contribution in [0.1, 0.15) is 11.4 Å². The fourth-order valence-corrected chi connectivity index (χ4v) is 1.28. The van der Waals surface area contributed by atoms with E-state index in [4.69, 9.17) is 0 Å². The first kappa shape index (κ1) is 11.5. The third kappa shape index (κ3) is 2.45. The zero-order valence-corrected chi connectivity index (χ0v) is 8.00. The first-order valence-corrected chi connectivity index (χ1v) is 3.97. The van der Waals surface area contributed by atoms with E-state index in [0.717, 1.165) is 0 Å². The smallest absolute Gasteiger partial charge is 0.258 e. The zero-order chi connectivity index (χ0) is 11.8. The average Bonchev–Trinajstić information content (AvgIpc) is 2.23. The van der Waals surface area contributed by atoms with Crippen molar-refractivity contribution in [2.45, 2.75) is 26.6 Å². The van der Waals surface area contributed by atoms with Crippen LogP contribution in [0.5, 0.6) is 0 Å². The number of nitrogens with zero attached hydrogens (tertiary/aromatic N) is 3. The molecule has 0 aromatic carbocycles. The number of aryl methyl sites for hydroxylation is 1. The number of alkyl halides is 3. The van der Waals surface area contributed by atoms with Gasteiger partial charge in [-0.3, -0.25) is 14.8 Å². The Hall–Kier alpha value is -1.60. The van der Waals surface area contributed by atoms with Crippen molar-refractivity contribution in [2.24, 2.45) is 0 Å². The van der Waals surface area contributed by atoms with Crippen LogP contribution in [0.15, 0.2) is 0 Å². The van der Waals surface area contributed by atoms with Crippen molar-refractivity contribution in [1.82, 2.24) is 9.78 Å². The minimum atomic E-state index is -4.43. The molecule has 1 rings (SSSR count). The SMILES string of the molecule is Cc1nn(CC(F)(F)F)c(C)c1[N+](=O)[O-]. The van der Waals surface area contributed by atoms with E-state index < -0.39 is 17.6 Å². The Labute approximate surface area is 82.6 Å². The Morgan fingerprint density at radius 2 is 2.00 bits per heavy atom. The van der Waals surface area contributed by atoms with Gasteiger partial charge in [0.2, 0.25) is 0 Å². The molecule has 0 aliphatic carbocycles. The molecule has 1 heterocycles. The highest BCUT2D eigenvalue weighted by Crippen LogP contribution is 2.25. The molecule has 0 N–H and O–H groups in total. The molecule has 0 aliphatic rings. The maximum Gasteiger partial charge on any atom is 0.408 e. The van der Waals surface area contributed by atoms with E-state index in [0.29, 0.717) is 4.68 Å². The van der Waals surface area contributed by atoms with Crippen LogP contribution in [-0.4, -0.2) is 20.9 Å². The van der Waals surface area contributed by atoms with Crippen molar-refractivity contribution in [1.29, 1.82) is 0 Å². The number of hydrogen-bond acceptors (Lipinski definition) is 3. The largest absolute Gasteiger partial charge is 0.408 e. The molecule has 0 unspecified atom stereocenters. The van der Waals surface area contributed by atoms with E-state index in [1.54, 1.807) is 0 Å². The molecule has 0 fully saturated rings. The zero-order valence-electron chi connectivity index (χ0n) is 8.00. The molecule has 0 atom stereocenters. The fourth-order valence-electron chi connectivity index (χ4n) is 1.28. The van der Waals surface area contributed by atoms with E-state index in [-0.39, 0.29) is 17.1 Å². The normalized spacial score (nSPS) is 11.8. The van der Waals surface area contributed by atoms with Gasteiger partial charge in [-0.15, -0.1) is 0 Å². The third-order valence-corrected chi connectivity index (χ3v) is 1.85.